The van der Waals surface area contributed by atoms with Gasteiger partial charge in [-0.3, -0.25) is 4.79 Å². The number of nitrogens with two attached hydrogens (primary N) is 1. The molecule has 1 atom stereocenters. The van der Waals surface area contributed by atoms with Gasteiger partial charge in [0.15, 0.2) is 0 Å². The summed E-state index contributed by atoms with van der Waals surface area (Å²) < 4.78 is 0. The summed E-state index contributed by atoms with van der Waals surface area (Å²) in [4.78, 5) is 18.2. The average molecular weight is 243 g/mol. The van der Waals surface area contributed by atoms with Crippen LogP contribution in [-0.2, 0) is 0 Å². The first-order chi connectivity index (χ1) is 8.63. The number of nitrogens with zero attached hydrogens (tertiary/aromatic N) is 2. The number of amides is 1. The predicted octanol–water partition coefficient (Wildman–Crippen LogP) is 1.65. The molecule has 1 unspecified atom stereocenters. The fraction of sp³-hybridized carbons (Fsp3) is 0.286. The third-order valence-corrected chi connectivity index (χ3v) is 3.14. The highest BCUT2D eigenvalue weighted by atomic mass is 16.2. The van der Waals surface area contributed by atoms with Crippen LogP contribution in [0.4, 0.5) is 0 Å². The molecule has 0 saturated carbocycles. The molecule has 2 aromatic rings. The maximum Gasteiger partial charge on any atom is 0.272 e. The topological polar surface area (TPSA) is 59.2 Å². The number of hydrogen-bond acceptors (Lipinski definition) is 3. The molecule has 2 N–H and O–H groups in total. The normalized spacial score (nSPS) is 12.4. The summed E-state index contributed by atoms with van der Waals surface area (Å²) in [6.45, 7) is 2.36. The molecule has 0 bridgehead atoms. The Bertz CT molecular complexity index is 568. The lowest BCUT2D eigenvalue weighted by molar-refractivity contribution is 0.0743. The smallest absolute Gasteiger partial charge is 0.272 e. The summed E-state index contributed by atoms with van der Waals surface area (Å²) >= 11 is 0. The zero-order valence-corrected chi connectivity index (χ0v) is 10.6. The third kappa shape index (κ3) is 2.33. The Labute approximate surface area is 106 Å². The number of carbonyl (C=O) groups excluding carboxylic acids is 1. The molecule has 0 saturated heterocycles. The molecule has 94 valence electrons. The third-order valence-electron chi connectivity index (χ3n) is 3.14. The molecule has 1 aromatic carbocycles. The molecule has 2 rings (SSSR count). The van der Waals surface area contributed by atoms with Gasteiger partial charge in [-0.1, -0.05) is 24.3 Å². The van der Waals surface area contributed by atoms with E-state index < -0.39 is 0 Å². The van der Waals surface area contributed by atoms with E-state index >= 15 is 0 Å². The van der Waals surface area contributed by atoms with E-state index in [-0.39, 0.29) is 11.9 Å². The largest absolute Gasteiger partial charge is 0.336 e. The van der Waals surface area contributed by atoms with Crippen LogP contribution < -0.4 is 5.73 Å². The van der Waals surface area contributed by atoms with Crippen molar-refractivity contribution in [3.63, 3.8) is 0 Å². The molecule has 0 spiro atoms. The van der Waals surface area contributed by atoms with Gasteiger partial charge in [0.1, 0.15) is 5.69 Å². The average Bonchev–Trinajstić information content (AvgIpc) is 2.44. The minimum Gasteiger partial charge on any atom is -0.336 e. The zero-order chi connectivity index (χ0) is 13.1. The van der Waals surface area contributed by atoms with Crippen molar-refractivity contribution in [2.75, 3.05) is 13.6 Å². The molecule has 18 heavy (non-hydrogen) atoms. The van der Waals surface area contributed by atoms with Gasteiger partial charge in [0.2, 0.25) is 0 Å². The van der Waals surface area contributed by atoms with Crippen LogP contribution in [-0.4, -0.2) is 35.4 Å². The maximum absolute atomic E-state index is 12.2. The number of aromatic nitrogens is 1. The molecule has 1 heterocycles. The summed E-state index contributed by atoms with van der Waals surface area (Å²) in [7, 11) is 1.75. The van der Waals surface area contributed by atoms with Crippen LogP contribution in [0.1, 0.15) is 17.4 Å². The van der Waals surface area contributed by atoms with E-state index in [1.54, 1.807) is 18.0 Å². The molecule has 0 aliphatic heterocycles. The SMILES string of the molecule is CC(CN)N(C)C(=O)c1ccc2ccccc2n1. The van der Waals surface area contributed by atoms with Crippen LogP contribution in [0.2, 0.25) is 0 Å². The number of benzene rings is 1. The van der Waals surface area contributed by atoms with Crippen molar-refractivity contribution in [1.29, 1.82) is 0 Å². The van der Waals surface area contributed by atoms with Gasteiger partial charge in [-0.15, -0.1) is 0 Å². The van der Waals surface area contributed by atoms with Crippen LogP contribution in [0.15, 0.2) is 36.4 Å². The first kappa shape index (κ1) is 12.5. The maximum atomic E-state index is 12.2. The number of hydrogen-bond donors (Lipinski definition) is 1. The summed E-state index contributed by atoms with van der Waals surface area (Å²) in [6, 6.07) is 11.4. The minimum absolute atomic E-state index is 0.00534. The van der Waals surface area contributed by atoms with Gasteiger partial charge in [-0.05, 0) is 19.1 Å². The number of likely N-dealkylation sites (N-methyl/N-ethyl adjacent to an activating group) is 1. The summed E-state index contributed by atoms with van der Waals surface area (Å²) in [5.41, 5.74) is 6.85. The van der Waals surface area contributed by atoms with E-state index in [1.807, 2.05) is 37.3 Å². The molecule has 0 radical (unpaired) electrons. The van der Waals surface area contributed by atoms with Gasteiger partial charge < -0.3 is 10.6 Å². The monoisotopic (exact) mass is 243 g/mol. The second-order valence-electron chi connectivity index (χ2n) is 4.39. The number of rotatable bonds is 3. The lowest BCUT2D eigenvalue weighted by Gasteiger charge is -2.23. The second-order valence-corrected chi connectivity index (χ2v) is 4.39. The molecule has 4 nitrogen and oxygen atoms in total. The van der Waals surface area contributed by atoms with Crippen LogP contribution in [0.3, 0.4) is 0 Å². The lowest BCUT2D eigenvalue weighted by Crippen LogP contribution is -2.40. The van der Waals surface area contributed by atoms with Gasteiger partial charge in [0.05, 0.1) is 5.52 Å². The van der Waals surface area contributed by atoms with Gasteiger partial charge in [-0.2, -0.15) is 0 Å². The molecule has 4 heteroatoms. The molecule has 1 amide bonds. The lowest BCUT2D eigenvalue weighted by atomic mass is 10.2. The molecule has 0 aliphatic rings. The number of fused-ring (bicyclic) bond motifs is 1. The summed E-state index contributed by atoms with van der Waals surface area (Å²) in [5.74, 6) is -0.0984. The highest BCUT2D eigenvalue weighted by Gasteiger charge is 2.17. The molecule has 0 fully saturated rings. The second kappa shape index (κ2) is 5.14. The fourth-order valence-electron chi connectivity index (χ4n) is 1.72. The first-order valence-electron chi connectivity index (χ1n) is 5.96. The Kier molecular flexibility index (Phi) is 3.58. The van der Waals surface area contributed by atoms with Crippen LogP contribution >= 0.6 is 0 Å². The van der Waals surface area contributed by atoms with Crippen molar-refractivity contribution in [1.82, 2.24) is 9.88 Å². The van der Waals surface area contributed by atoms with E-state index in [0.717, 1.165) is 10.9 Å². The fourth-order valence-corrected chi connectivity index (χ4v) is 1.72. The Hall–Kier alpha value is -1.94. The van der Waals surface area contributed by atoms with Crippen LogP contribution in [0.5, 0.6) is 0 Å². The first-order valence-corrected chi connectivity index (χ1v) is 5.96. The summed E-state index contributed by atoms with van der Waals surface area (Å²) in [6.07, 6.45) is 0. The van der Waals surface area contributed by atoms with Crippen molar-refractivity contribution in [2.24, 2.45) is 5.73 Å². The highest BCUT2D eigenvalue weighted by Crippen LogP contribution is 2.13. The van der Waals surface area contributed by atoms with E-state index in [4.69, 9.17) is 5.73 Å². The van der Waals surface area contributed by atoms with Crippen molar-refractivity contribution in [2.45, 2.75) is 13.0 Å². The van der Waals surface area contributed by atoms with Gasteiger partial charge in [-0.25, -0.2) is 4.98 Å². The van der Waals surface area contributed by atoms with E-state index in [0.29, 0.717) is 12.2 Å². The quantitative estimate of drug-likeness (QED) is 0.891. The molecular weight excluding hydrogens is 226 g/mol. The summed E-state index contributed by atoms with van der Waals surface area (Å²) in [5, 5.41) is 1.03. The number of para-hydroxylation sites is 1. The molecular formula is C14H17N3O. The van der Waals surface area contributed by atoms with Gasteiger partial charge >= 0.3 is 0 Å². The highest BCUT2D eigenvalue weighted by molar-refractivity contribution is 5.94. The van der Waals surface area contributed by atoms with Crippen molar-refractivity contribution in [3.05, 3.63) is 42.1 Å². The molecule has 1 aromatic heterocycles. The van der Waals surface area contributed by atoms with E-state index in [2.05, 4.69) is 4.98 Å². The van der Waals surface area contributed by atoms with Crippen molar-refractivity contribution in [3.8, 4) is 0 Å². The van der Waals surface area contributed by atoms with E-state index in [1.165, 1.54) is 0 Å². The number of carbonyl (C=O) groups is 1. The standard InChI is InChI=1S/C14H17N3O/c1-10(9-15)17(2)14(18)13-8-7-11-5-3-4-6-12(11)16-13/h3-8,10H,9,15H2,1-2H3. The van der Waals surface area contributed by atoms with Gasteiger partial charge in [0, 0.05) is 25.0 Å². The van der Waals surface area contributed by atoms with E-state index in [9.17, 15) is 4.79 Å². The Morgan fingerprint density at radius 1 is 1.33 bits per heavy atom. The number of pyridine rings is 1. The zero-order valence-electron chi connectivity index (χ0n) is 10.6. The van der Waals surface area contributed by atoms with Crippen molar-refractivity contribution >= 4 is 16.8 Å². The predicted molar refractivity (Wildman–Crippen MR) is 72.4 cm³/mol. The van der Waals surface area contributed by atoms with Crippen molar-refractivity contribution < 1.29 is 4.79 Å². The minimum atomic E-state index is -0.0984. The Morgan fingerprint density at radius 2 is 2.06 bits per heavy atom. The molecule has 0 aliphatic carbocycles. The van der Waals surface area contributed by atoms with Gasteiger partial charge in [0.25, 0.3) is 5.91 Å². The Morgan fingerprint density at radius 3 is 2.78 bits per heavy atom. The van der Waals surface area contributed by atoms with Crippen LogP contribution in [0.25, 0.3) is 10.9 Å². The van der Waals surface area contributed by atoms with Crippen LogP contribution in [0, 0.1) is 0 Å². The Balaban J connectivity index is 2.33.